The number of rotatable bonds is 4. The molecular weight excluding hydrogens is 415 g/mol. The van der Waals surface area contributed by atoms with E-state index >= 15 is 0 Å². The fraction of sp³-hybridized carbons (Fsp3) is 0.261. The van der Waals surface area contributed by atoms with Gasteiger partial charge >= 0.3 is 0 Å². The Morgan fingerprint density at radius 3 is 2.65 bits per heavy atom. The molecular formula is C23H21FN4O2S. The SMILES string of the molecule is Cn1nc(-c2ccccc2)cc1C(=O)N1CCC(Oc2nc3c(F)cccc3s2)CC1. The lowest BCUT2D eigenvalue weighted by Gasteiger charge is -2.31. The van der Waals surface area contributed by atoms with Crippen molar-refractivity contribution < 1.29 is 13.9 Å². The number of carbonyl (C=O) groups excluding carboxylic acids is 1. The second-order valence-electron chi connectivity index (χ2n) is 7.58. The summed E-state index contributed by atoms with van der Waals surface area (Å²) in [6.45, 7) is 1.18. The molecule has 6 nitrogen and oxygen atoms in total. The summed E-state index contributed by atoms with van der Waals surface area (Å²) < 4.78 is 22.3. The zero-order chi connectivity index (χ0) is 21.4. The number of nitrogens with zero attached hydrogens (tertiary/aromatic N) is 4. The molecule has 0 bridgehead atoms. The smallest absolute Gasteiger partial charge is 0.274 e. The van der Waals surface area contributed by atoms with Gasteiger partial charge in [0.1, 0.15) is 23.1 Å². The maximum absolute atomic E-state index is 13.9. The Morgan fingerprint density at radius 2 is 1.90 bits per heavy atom. The van der Waals surface area contributed by atoms with Crippen molar-refractivity contribution in [3.8, 4) is 16.5 Å². The van der Waals surface area contributed by atoms with Gasteiger partial charge in [-0.25, -0.2) is 4.39 Å². The number of fused-ring (bicyclic) bond motifs is 1. The molecule has 1 fully saturated rings. The molecule has 0 radical (unpaired) electrons. The number of ether oxygens (including phenoxy) is 1. The Labute approximate surface area is 182 Å². The average molecular weight is 437 g/mol. The van der Waals surface area contributed by atoms with E-state index in [0.717, 1.165) is 16.0 Å². The van der Waals surface area contributed by atoms with Crippen LogP contribution < -0.4 is 4.74 Å². The summed E-state index contributed by atoms with van der Waals surface area (Å²) in [6.07, 6.45) is 1.36. The van der Waals surface area contributed by atoms with E-state index in [0.29, 0.717) is 42.3 Å². The third-order valence-electron chi connectivity index (χ3n) is 5.52. The highest BCUT2D eigenvalue weighted by Gasteiger charge is 2.27. The summed E-state index contributed by atoms with van der Waals surface area (Å²) in [4.78, 5) is 19.2. The third-order valence-corrected chi connectivity index (χ3v) is 6.43. The quantitative estimate of drug-likeness (QED) is 0.472. The van der Waals surface area contributed by atoms with Gasteiger partial charge in [-0.2, -0.15) is 10.1 Å². The summed E-state index contributed by atoms with van der Waals surface area (Å²) in [5, 5.41) is 4.98. The minimum absolute atomic E-state index is 0.0299. The number of carbonyl (C=O) groups is 1. The van der Waals surface area contributed by atoms with Crippen LogP contribution in [0.2, 0.25) is 0 Å². The van der Waals surface area contributed by atoms with Crippen LogP contribution in [0.1, 0.15) is 23.3 Å². The van der Waals surface area contributed by atoms with Crippen LogP contribution in [0.15, 0.2) is 54.6 Å². The lowest BCUT2D eigenvalue weighted by atomic mass is 10.1. The van der Waals surface area contributed by atoms with Crippen molar-refractivity contribution in [1.29, 1.82) is 0 Å². The minimum Gasteiger partial charge on any atom is -0.467 e. The van der Waals surface area contributed by atoms with E-state index in [1.165, 1.54) is 17.4 Å². The molecule has 0 atom stereocenters. The van der Waals surface area contributed by atoms with Crippen LogP contribution in [-0.2, 0) is 7.05 Å². The predicted octanol–water partition coefficient (Wildman–Crippen LogP) is 4.52. The normalized spacial score (nSPS) is 14.8. The largest absolute Gasteiger partial charge is 0.467 e. The van der Waals surface area contributed by atoms with Crippen LogP contribution in [0.3, 0.4) is 0 Å². The second-order valence-corrected chi connectivity index (χ2v) is 8.57. The van der Waals surface area contributed by atoms with Crippen molar-refractivity contribution in [1.82, 2.24) is 19.7 Å². The molecule has 158 valence electrons. The van der Waals surface area contributed by atoms with Crippen LogP contribution in [0, 0.1) is 5.82 Å². The van der Waals surface area contributed by atoms with Gasteiger partial charge in [-0.15, -0.1) is 0 Å². The fourth-order valence-electron chi connectivity index (χ4n) is 3.84. The second kappa shape index (κ2) is 8.11. The molecule has 1 aliphatic rings. The van der Waals surface area contributed by atoms with Crippen molar-refractivity contribution in [3.63, 3.8) is 0 Å². The summed E-state index contributed by atoms with van der Waals surface area (Å²) in [5.74, 6) is -0.368. The first kappa shape index (κ1) is 19.7. The van der Waals surface area contributed by atoms with Gasteiger partial charge in [0.05, 0.1) is 10.4 Å². The maximum atomic E-state index is 13.9. The Hall–Kier alpha value is -3.26. The minimum atomic E-state index is -0.338. The highest BCUT2D eigenvalue weighted by atomic mass is 32.1. The molecule has 4 aromatic rings. The van der Waals surface area contributed by atoms with Crippen LogP contribution in [0.4, 0.5) is 4.39 Å². The van der Waals surface area contributed by atoms with Crippen LogP contribution in [0.5, 0.6) is 5.19 Å². The average Bonchev–Trinajstić information content (AvgIpc) is 3.38. The van der Waals surface area contributed by atoms with E-state index in [1.54, 1.807) is 17.8 Å². The summed E-state index contributed by atoms with van der Waals surface area (Å²) in [7, 11) is 1.79. The zero-order valence-corrected chi connectivity index (χ0v) is 17.8. The number of hydrogen-bond acceptors (Lipinski definition) is 5. The Morgan fingerprint density at radius 1 is 1.13 bits per heavy atom. The molecule has 0 N–H and O–H groups in total. The first-order valence-corrected chi connectivity index (χ1v) is 11.0. The molecule has 31 heavy (non-hydrogen) atoms. The van der Waals surface area contributed by atoms with Crippen LogP contribution >= 0.6 is 11.3 Å². The maximum Gasteiger partial charge on any atom is 0.274 e. The van der Waals surface area contributed by atoms with Crippen molar-refractivity contribution in [2.45, 2.75) is 18.9 Å². The Balaban J connectivity index is 1.23. The number of likely N-dealkylation sites (tertiary alicyclic amines) is 1. The molecule has 1 amide bonds. The topological polar surface area (TPSA) is 60.2 Å². The van der Waals surface area contributed by atoms with E-state index < -0.39 is 0 Å². The zero-order valence-electron chi connectivity index (χ0n) is 17.0. The molecule has 0 aliphatic carbocycles. The van der Waals surface area contributed by atoms with Gasteiger partial charge in [0, 0.05) is 38.5 Å². The van der Waals surface area contributed by atoms with Gasteiger partial charge in [0.25, 0.3) is 11.1 Å². The first-order chi connectivity index (χ1) is 15.1. The van der Waals surface area contributed by atoms with E-state index in [2.05, 4.69) is 10.1 Å². The Bertz CT molecular complexity index is 1230. The molecule has 5 rings (SSSR count). The van der Waals surface area contributed by atoms with Crippen LogP contribution in [-0.4, -0.2) is 44.8 Å². The van der Waals surface area contributed by atoms with E-state index in [4.69, 9.17) is 4.74 Å². The highest BCUT2D eigenvalue weighted by Crippen LogP contribution is 2.31. The van der Waals surface area contributed by atoms with Crippen molar-refractivity contribution in [2.24, 2.45) is 7.05 Å². The standard InChI is InChI=1S/C23H21FN4O2S/c1-27-19(14-18(26-27)15-6-3-2-4-7-15)22(29)28-12-10-16(11-13-28)30-23-25-21-17(24)8-5-9-20(21)31-23/h2-9,14,16H,10-13H2,1H3. The number of amides is 1. The number of para-hydroxylation sites is 1. The predicted molar refractivity (Wildman–Crippen MR) is 118 cm³/mol. The van der Waals surface area contributed by atoms with Crippen molar-refractivity contribution in [3.05, 3.63) is 66.1 Å². The number of thiazole rings is 1. The first-order valence-electron chi connectivity index (χ1n) is 10.2. The van der Waals surface area contributed by atoms with E-state index in [1.807, 2.05) is 47.4 Å². The molecule has 2 aromatic carbocycles. The molecule has 1 aliphatic heterocycles. The number of hydrogen-bond donors (Lipinski definition) is 0. The number of aryl methyl sites for hydroxylation is 1. The number of benzene rings is 2. The van der Waals surface area contributed by atoms with Gasteiger partial charge in [-0.05, 0) is 18.2 Å². The van der Waals surface area contributed by atoms with E-state index in [9.17, 15) is 9.18 Å². The number of halogens is 1. The molecule has 3 heterocycles. The van der Waals surface area contributed by atoms with Gasteiger partial charge in [0.2, 0.25) is 0 Å². The third kappa shape index (κ3) is 3.90. The highest BCUT2D eigenvalue weighted by molar-refractivity contribution is 7.20. The molecule has 0 spiro atoms. The monoisotopic (exact) mass is 436 g/mol. The molecule has 1 saturated heterocycles. The molecule has 2 aromatic heterocycles. The molecule has 0 unspecified atom stereocenters. The van der Waals surface area contributed by atoms with Gasteiger partial charge in [0.15, 0.2) is 0 Å². The molecule has 8 heteroatoms. The van der Waals surface area contributed by atoms with Gasteiger partial charge in [-0.3, -0.25) is 9.48 Å². The van der Waals surface area contributed by atoms with Gasteiger partial charge < -0.3 is 9.64 Å². The van der Waals surface area contributed by atoms with Gasteiger partial charge in [-0.1, -0.05) is 47.7 Å². The molecule has 0 saturated carbocycles. The Kier molecular flexibility index (Phi) is 5.15. The van der Waals surface area contributed by atoms with E-state index in [-0.39, 0.29) is 17.8 Å². The fourth-order valence-corrected chi connectivity index (χ4v) is 4.74. The number of piperidine rings is 1. The number of aromatic nitrogens is 3. The summed E-state index contributed by atoms with van der Waals surface area (Å²) in [5.41, 5.74) is 2.68. The lowest BCUT2D eigenvalue weighted by molar-refractivity contribution is 0.0585. The van der Waals surface area contributed by atoms with Crippen molar-refractivity contribution >= 4 is 27.5 Å². The van der Waals surface area contributed by atoms with Crippen molar-refractivity contribution in [2.75, 3.05) is 13.1 Å². The lowest BCUT2D eigenvalue weighted by Crippen LogP contribution is -2.42. The summed E-state index contributed by atoms with van der Waals surface area (Å²) in [6, 6.07) is 16.6. The summed E-state index contributed by atoms with van der Waals surface area (Å²) >= 11 is 1.35. The van der Waals surface area contributed by atoms with Crippen LogP contribution in [0.25, 0.3) is 21.5 Å².